The highest BCUT2D eigenvalue weighted by molar-refractivity contribution is 7.21. The number of methoxy groups -OCH3 is 1. The van der Waals surface area contributed by atoms with Gasteiger partial charge in [-0.25, -0.2) is 29.1 Å². The Morgan fingerprint density at radius 2 is 1.18 bits per heavy atom. The van der Waals surface area contributed by atoms with Gasteiger partial charge in [-0.3, -0.25) is 0 Å². The predicted octanol–water partition coefficient (Wildman–Crippen LogP) is 10.9. The van der Waals surface area contributed by atoms with Crippen LogP contribution in [0.1, 0.15) is 77.6 Å². The second kappa shape index (κ2) is 25.1. The van der Waals surface area contributed by atoms with E-state index in [1.54, 1.807) is 91.0 Å². The molecule has 0 N–H and O–H groups in total. The van der Waals surface area contributed by atoms with Crippen LogP contribution in [0.5, 0.6) is 28.9 Å². The zero-order valence-corrected chi connectivity index (χ0v) is 37.4. The quantitative estimate of drug-likeness (QED) is 0.0165. The minimum absolute atomic E-state index is 0.0633. The second-order valence-electron chi connectivity index (χ2n) is 14.6. The van der Waals surface area contributed by atoms with Crippen molar-refractivity contribution < 1.29 is 52.3 Å². The number of esters is 4. The van der Waals surface area contributed by atoms with Crippen LogP contribution in [0.15, 0.2) is 127 Å². The van der Waals surface area contributed by atoms with Gasteiger partial charge in [0.25, 0.3) is 0 Å². The van der Waals surface area contributed by atoms with Gasteiger partial charge < -0.3 is 33.2 Å². The highest BCUT2D eigenvalue weighted by Crippen LogP contribution is 2.39. The largest absolute Gasteiger partial charge is 0.494 e. The van der Waals surface area contributed by atoms with E-state index in [9.17, 15) is 19.2 Å². The fourth-order valence-electron chi connectivity index (χ4n) is 6.45. The number of rotatable bonds is 26. The molecule has 0 amide bonds. The first-order valence-electron chi connectivity index (χ1n) is 21.5. The van der Waals surface area contributed by atoms with Gasteiger partial charge in [-0.15, -0.1) is 5.11 Å². The molecule has 2 heterocycles. The van der Waals surface area contributed by atoms with Crippen LogP contribution in [0, 0.1) is 0 Å². The lowest BCUT2D eigenvalue weighted by Crippen LogP contribution is -2.12. The van der Waals surface area contributed by atoms with E-state index >= 15 is 0 Å². The molecule has 0 aliphatic carbocycles. The SMILES string of the molecule is C=CC(=O)OCCCCCCOc1ccc(C(=O)Oc2cc(CN=Nc3nc4ccc(OC)nc4s3)c(OC(=O)c3ccc(OCCCCCCOC(=O)C=C)cc3)c3ccccc23)cc1. The van der Waals surface area contributed by atoms with Gasteiger partial charge in [0.15, 0.2) is 0 Å². The summed E-state index contributed by atoms with van der Waals surface area (Å²) in [7, 11) is 1.54. The number of carbonyl (C=O) groups is 4. The third-order valence-corrected chi connectivity index (χ3v) is 10.7. The number of hydrogen-bond donors (Lipinski definition) is 0. The van der Waals surface area contributed by atoms with E-state index in [1.165, 1.54) is 18.4 Å². The minimum atomic E-state index is -0.619. The van der Waals surface area contributed by atoms with E-state index in [4.69, 9.17) is 33.2 Å². The number of unbranched alkanes of at least 4 members (excludes halogenated alkanes) is 6. The number of nitrogens with zero attached hydrogens (tertiary/aromatic N) is 4. The highest BCUT2D eigenvalue weighted by Gasteiger charge is 2.21. The van der Waals surface area contributed by atoms with Crippen molar-refractivity contribution >= 4 is 61.5 Å². The molecule has 0 radical (unpaired) electrons. The Balaban J connectivity index is 1.13. The zero-order chi connectivity index (χ0) is 46.5. The zero-order valence-electron chi connectivity index (χ0n) is 36.6. The molecular formula is C50H50N4O11S. The van der Waals surface area contributed by atoms with Crippen molar-refractivity contribution in [2.24, 2.45) is 10.2 Å². The van der Waals surface area contributed by atoms with E-state index in [-0.39, 0.29) is 23.6 Å². The number of benzene rings is 4. The van der Waals surface area contributed by atoms with Crippen molar-refractivity contribution in [2.75, 3.05) is 33.5 Å². The Morgan fingerprint density at radius 3 is 1.74 bits per heavy atom. The maximum absolute atomic E-state index is 13.8. The lowest BCUT2D eigenvalue weighted by molar-refractivity contribution is -0.138. The van der Waals surface area contributed by atoms with Gasteiger partial charge in [0.05, 0.1) is 51.2 Å². The molecule has 6 rings (SSSR count). The smallest absolute Gasteiger partial charge is 0.343 e. The molecule has 0 unspecified atom stereocenters. The molecule has 0 spiro atoms. The summed E-state index contributed by atoms with van der Waals surface area (Å²) in [6, 6.07) is 25.6. The maximum Gasteiger partial charge on any atom is 0.343 e. The second-order valence-corrected chi connectivity index (χ2v) is 15.5. The Labute approximate surface area is 386 Å². The van der Waals surface area contributed by atoms with Gasteiger partial charge in [0.1, 0.15) is 33.3 Å². The number of azo groups is 1. The summed E-state index contributed by atoms with van der Waals surface area (Å²) in [5.74, 6) is 0.0442. The Kier molecular flexibility index (Phi) is 18.3. The van der Waals surface area contributed by atoms with Crippen molar-refractivity contribution in [3.8, 4) is 28.9 Å². The molecule has 16 heteroatoms. The van der Waals surface area contributed by atoms with Crippen molar-refractivity contribution in [3.05, 3.63) is 133 Å². The summed E-state index contributed by atoms with van der Waals surface area (Å²) in [6.45, 7) is 8.41. The molecule has 4 aromatic carbocycles. The number of hydrogen-bond acceptors (Lipinski definition) is 16. The monoisotopic (exact) mass is 914 g/mol. The Hall–Kier alpha value is -7.46. The van der Waals surface area contributed by atoms with Crippen LogP contribution >= 0.6 is 11.3 Å². The number of fused-ring (bicyclic) bond motifs is 2. The van der Waals surface area contributed by atoms with Crippen LogP contribution in [0.4, 0.5) is 5.13 Å². The van der Waals surface area contributed by atoms with Crippen molar-refractivity contribution in [1.29, 1.82) is 0 Å². The first-order chi connectivity index (χ1) is 32.2. The van der Waals surface area contributed by atoms with Gasteiger partial charge >= 0.3 is 23.9 Å². The normalized spacial score (nSPS) is 11.0. The van der Waals surface area contributed by atoms with E-state index in [0.717, 1.165) is 63.5 Å². The summed E-state index contributed by atoms with van der Waals surface area (Å²) in [5.41, 5.74) is 1.65. The number of carbonyl (C=O) groups excluding carboxylic acids is 4. The molecule has 0 aliphatic rings. The lowest BCUT2D eigenvalue weighted by atomic mass is 10.0. The number of aromatic nitrogens is 2. The fraction of sp³-hybridized carbons (Fsp3) is 0.280. The maximum atomic E-state index is 13.8. The Morgan fingerprint density at radius 1 is 0.636 bits per heavy atom. The van der Waals surface area contributed by atoms with E-state index in [1.807, 2.05) is 0 Å². The summed E-state index contributed by atoms with van der Waals surface area (Å²) >= 11 is 1.24. The van der Waals surface area contributed by atoms with E-state index < -0.39 is 23.9 Å². The average molecular weight is 915 g/mol. The van der Waals surface area contributed by atoms with E-state index in [0.29, 0.717) is 81.2 Å². The first kappa shape index (κ1) is 48.0. The number of ether oxygens (including phenoxy) is 7. The average Bonchev–Trinajstić information content (AvgIpc) is 3.76. The third kappa shape index (κ3) is 14.3. The molecule has 0 aliphatic heterocycles. The highest BCUT2D eigenvalue weighted by atomic mass is 32.1. The summed E-state index contributed by atoms with van der Waals surface area (Å²) in [4.78, 5) is 59.3. The number of thiazole rings is 1. The van der Waals surface area contributed by atoms with Gasteiger partial charge in [-0.2, -0.15) is 5.11 Å². The van der Waals surface area contributed by atoms with Crippen LogP contribution in [-0.2, 0) is 25.6 Å². The molecule has 15 nitrogen and oxygen atoms in total. The molecule has 2 aromatic heterocycles. The van der Waals surface area contributed by atoms with Crippen LogP contribution < -0.4 is 23.7 Å². The molecule has 0 fully saturated rings. The summed E-state index contributed by atoms with van der Waals surface area (Å²) < 4.78 is 39.2. The Bertz CT molecular complexity index is 2650. The lowest BCUT2D eigenvalue weighted by Gasteiger charge is -2.16. The van der Waals surface area contributed by atoms with E-state index in [2.05, 4.69) is 33.4 Å². The number of pyridine rings is 1. The van der Waals surface area contributed by atoms with Crippen LogP contribution in [0.3, 0.4) is 0 Å². The molecule has 0 saturated carbocycles. The molecule has 0 bridgehead atoms. The summed E-state index contributed by atoms with van der Waals surface area (Å²) in [5, 5.41) is 10.2. The van der Waals surface area contributed by atoms with Crippen molar-refractivity contribution in [1.82, 2.24) is 9.97 Å². The molecule has 0 saturated heterocycles. The molecule has 0 atom stereocenters. The van der Waals surface area contributed by atoms with Crippen LogP contribution in [0.2, 0.25) is 0 Å². The first-order valence-corrected chi connectivity index (χ1v) is 22.3. The van der Waals surface area contributed by atoms with Gasteiger partial charge in [0, 0.05) is 34.6 Å². The van der Waals surface area contributed by atoms with Crippen molar-refractivity contribution in [2.45, 2.75) is 57.9 Å². The predicted molar refractivity (Wildman–Crippen MR) is 249 cm³/mol. The van der Waals surface area contributed by atoms with Crippen LogP contribution in [0.25, 0.3) is 21.1 Å². The topological polar surface area (TPSA) is 183 Å². The molecular weight excluding hydrogens is 865 g/mol. The molecule has 66 heavy (non-hydrogen) atoms. The van der Waals surface area contributed by atoms with Gasteiger partial charge in [-0.1, -0.05) is 48.8 Å². The molecule has 6 aromatic rings. The van der Waals surface area contributed by atoms with Gasteiger partial charge in [0.2, 0.25) is 11.0 Å². The van der Waals surface area contributed by atoms with Crippen LogP contribution in [-0.4, -0.2) is 67.4 Å². The minimum Gasteiger partial charge on any atom is -0.494 e. The van der Waals surface area contributed by atoms with Crippen molar-refractivity contribution in [3.63, 3.8) is 0 Å². The standard InChI is InChI=1S/C50H50N4O11S/c1-4-44(55)62-30-14-8-6-12-28-60-37-22-18-34(19-23-37)48(57)64-42-32-36(33-51-54-50-52-41-26-27-43(59-3)53-47(41)66-50)46(40-17-11-10-16-39(40)42)65-49(58)35-20-24-38(25-21-35)61-29-13-7-9-15-31-63-45(56)5-2/h4-5,10-11,16-27,32H,1-2,6-9,12-15,28-31,33H2,3H3. The van der Waals surface area contributed by atoms with Gasteiger partial charge in [-0.05, 0) is 112 Å². The summed E-state index contributed by atoms with van der Waals surface area (Å²) in [6.07, 6.45) is 9.05. The third-order valence-electron chi connectivity index (χ3n) is 9.87. The molecule has 342 valence electrons. The fourth-order valence-corrected chi connectivity index (χ4v) is 7.22.